The van der Waals surface area contributed by atoms with Crippen LogP contribution in [0.3, 0.4) is 0 Å². The van der Waals surface area contributed by atoms with Crippen LogP contribution in [0.15, 0.2) is 57.9 Å². The van der Waals surface area contributed by atoms with Gasteiger partial charge in [0, 0.05) is 44.4 Å². The van der Waals surface area contributed by atoms with E-state index in [9.17, 15) is 9.59 Å². The van der Waals surface area contributed by atoms with Gasteiger partial charge in [-0.05, 0) is 18.2 Å². The largest absolute Gasteiger partial charge is 0.459 e. The number of aromatic nitrogens is 3. The Hall–Kier alpha value is -3.01. The van der Waals surface area contributed by atoms with Crippen LogP contribution in [0.4, 0.5) is 0 Å². The second-order valence-electron chi connectivity index (χ2n) is 7.21. The lowest BCUT2D eigenvalue weighted by atomic mass is 10.2. The normalized spacial score (nSPS) is 14.9. The first-order valence-electron chi connectivity index (χ1n) is 9.78. The van der Waals surface area contributed by atoms with Gasteiger partial charge in [-0.1, -0.05) is 41.1 Å². The molecule has 1 amide bonds. The van der Waals surface area contributed by atoms with Crippen molar-refractivity contribution in [1.29, 1.82) is 0 Å². The van der Waals surface area contributed by atoms with Gasteiger partial charge in [0.1, 0.15) is 5.01 Å². The van der Waals surface area contributed by atoms with Gasteiger partial charge in [-0.15, -0.1) is 0 Å². The second-order valence-corrected chi connectivity index (χ2v) is 8.58. The number of piperazine rings is 1. The minimum Gasteiger partial charge on any atom is -0.459 e. The maximum absolute atomic E-state index is 12.6. The molecule has 158 valence electrons. The van der Waals surface area contributed by atoms with E-state index in [4.69, 9.17) is 16.0 Å². The van der Waals surface area contributed by atoms with E-state index < -0.39 is 0 Å². The van der Waals surface area contributed by atoms with Gasteiger partial charge in [0.15, 0.2) is 5.76 Å². The van der Waals surface area contributed by atoms with Crippen molar-refractivity contribution >= 4 is 33.8 Å². The Labute approximate surface area is 186 Å². The standard InChI is InChI=1S/C21H18ClN5O3S/c22-16-5-2-1-4-15(16)19-24-27-18(28)12-14(23-21(27)31-19)13-25-7-9-26(10-8-25)20(29)17-6-3-11-30-17/h1-6,11-12H,7-10,13H2. The molecule has 3 aromatic heterocycles. The predicted octanol–water partition coefficient (Wildman–Crippen LogP) is 3.02. The number of hydrogen-bond donors (Lipinski definition) is 0. The van der Waals surface area contributed by atoms with Gasteiger partial charge in [0.2, 0.25) is 4.96 Å². The van der Waals surface area contributed by atoms with Crippen LogP contribution in [-0.2, 0) is 6.54 Å². The molecular formula is C21H18ClN5O3S. The molecule has 4 heterocycles. The van der Waals surface area contributed by atoms with Crippen molar-refractivity contribution in [2.75, 3.05) is 26.2 Å². The summed E-state index contributed by atoms with van der Waals surface area (Å²) >= 11 is 7.60. The summed E-state index contributed by atoms with van der Waals surface area (Å²) < 4.78 is 6.51. The molecule has 0 unspecified atom stereocenters. The monoisotopic (exact) mass is 455 g/mol. The first kappa shape index (κ1) is 19.9. The number of carbonyl (C=O) groups excluding carboxylic acids is 1. The molecule has 1 aliphatic rings. The first-order valence-corrected chi connectivity index (χ1v) is 11.0. The summed E-state index contributed by atoms with van der Waals surface area (Å²) in [6, 6.07) is 12.3. The third-order valence-corrected chi connectivity index (χ3v) is 6.45. The highest BCUT2D eigenvalue weighted by Crippen LogP contribution is 2.30. The first-order chi connectivity index (χ1) is 15.1. The number of fused-ring (bicyclic) bond motifs is 1. The third-order valence-electron chi connectivity index (χ3n) is 5.18. The van der Waals surface area contributed by atoms with E-state index in [0.717, 1.165) is 5.56 Å². The average molecular weight is 456 g/mol. The SMILES string of the molecule is O=C(c1ccco1)N1CCN(Cc2cc(=O)n3nc(-c4ccccc4Cl)sc3n2)CC1. The van der Waals surface area contributed by atoms with Gasteiger partial charge < -0.3 is 9.32 Å². The van der Waals surface area contributed by atoms with Gasteiger partial charge >= 0.3 is 0 Å². The molecule has 0 radical (unpaired) electrons. The maximum Gasteiger partial charge on any atom is 0.289 e. The zero-order valence-electron chi connectivity index (χ0n) is 16.4. The lowest BCUT2D eigenvalue weighted by Crippen LogP contribution is -2.48. The van der Waals surface area contributed by atoms with Crippen molar-refractivity contribution in [2.24, 2.45) is 0 Å². The Morgan fingerprint density at radius 1 is 1.13 bits per heavy atom. The molecule has 5 rings (SSSR count). The molecule has 4 aromatic rings. The smallest absolute Gasteiger partial charge is 0.289 e. The van der Waals surface area contributed by atoms with Crippen molar-refractivity contribution in [3.8, 4) is 10.6 Å². The van der Waals surface area contributed by atoms with Gasteiger partial charge in [0.25, 0.3) is 11.5 Å². The zero-order valence-corrected chi connectivity index (χ0v) is 18.0. The molecule has 1 saturated heterocycles. The Morgan fingerprint density at radius 3 is 2.68 bits per heavy atom. The molecule has 1 fully saturated rings. The van der Waals surface area contributed by atoms with E-state index in [-0.39, 0.29) is 11.5 Å². The van der Waals surface area contributed by atoms with E-state index in [1.54, 1.807) is 23.1 Å². The molecule has 31 heavy (non-hydrogen) atoms. The van der Waals surface area contributed by atoms with Crippen LogP contribution in [0, 0.1) is 0 Å². The highest BCUT2D eigenvalue weighted by atomic mass is 35.5. The van der Waals surface area contributed by atoms with Crippen LogP contribution < -0.4 is 5.56 Å². The second kappa shape index (κ2) is 8.26. The molecule has 0 bridgehead atoms. The number of furan rings is 1. The van der Waals surface area contributed by atoms with Crippen LogP contribution in [0.2, 0.25) is 5.02 Å². The van der Waals surface area contributed by atoms with Crippen molar-refractivity contribution in [3.63, 3.8) is 0 Å². The van der Waals surface area contributed by atoms with Gasteiger partial charge in [0.05, 0.1) is 17.0 Å². The summed E-state index contributed by atoms with van der Waals surface area (Å²) in [7, 11) is 0. The fourth-order valence-electron chi connectivity index (χ4n) is 3.57. The summed E-state index contributed by atoms with van der Waals surface area (Å²) in [6.07, 6.45) is 1.50. The molecule has 0 spiro atoms. The summed E-state index contributed by atoms with van der Waals surface area (Å²) in [5.41, 5.74) is 1.24. The van der Waals surface area contributed by atoms with E-state index in [0.29, 0.717) is 59.2 Å². The number of rotatable bonds is 4. The number of halogens is 1. The van der Waals surface area contributed by atoms with Crippen LogP contribution in [0.25, 0.3) is 15.5 Å². The van der Waals surface area contributed by atoms with E-state index in [1.165, 1.54) is 28.2 Å². The Kier molecular flexibility index (Phi) is 5.31. The molecule has 1 aliphatic heterocycles. The van der Waals surface area contributed by atoms with Crippen molar-refractivity contribution in [1.82, 2.24) is 24.4 Å². The van der Waals surface area contributed by atoms with Crippen molar-refractivity contribution in [3.05, 3.63) is 75.6 Å². The fraction of sp³-hybridized carbons (Fsp3) is 0.238. The number of amides is 1. The minimum absolute atomic E-state index is 0.0980. The van der Waals surface area contributed by atoms with Crippen LogP contribution in [0.5, 0.6) is 0 Å². The van der Waals surface area contributed by atoms with Crippen LogP contribution >= 0.6 is 22.9 Å². The number of carbonyl (C=O) groups is 1. The summed E-state index contributed by atoms with van der Waals surface area (Å²) in [4.78, 5) is 34.1. The molecule has 0 N–H and O–H groups in total. The summed E-state index contributed by atoms with van der Waals surface area (Å²) in [5, 5.41) is 5.62. The lowest BCUT2D eigenvalue weighted by molar-refractivity contribution is 0.0596. The van der Waals surface area contributed by atoms with Crippen LogP contribution in [-0.4, -0.2) is 56.5 Å². The quantitative estimate of drug-likeness (QED) is 0.470. The van der Waals surface area contributed by atoms with Gasteiger partial charge in [-0.2, -0.15) is 9.61 Å². The molecule has 10 heteroatoms. The highest BCUT2D eigenvalue weighted by Gasteiger charge is 2.24. The maximum atomic E-state index is 12.6. The predicted molar refractivity (Wildman–Crippen MR) is 117 cm³/mol. The Balaban J connectivity index is 1.31. The summed E-state index contributed by atoms with van der Waals surface area (Å²) in [6.45, 7) is 3.12. The Bertz CT molecular complexity index is 1290. The number of hydrogen-bond acceptors (Lipinski definition) is 7. The Morgan fingerprint density at radius 2 is 1.94 bits per heavy atom. The minimum atomic E-state index is -0.221. The summed E-state index contributed by atoms with van der Waals surface area (Å²) in [5.74, 6) is 0.257. The zero-order chi connectivity index (χ0) is 21.4. The van der Waals surface area contributed by atoms with Crippen molar-refractivity contribution < 1.29 is 9.21 Å². The highest BCUT2D eigenvalue weighted by molar-refractivity contribution is 7.19. The fourth-order valence-corrected chi connectivity index (χ4v) is 4.82. The molecule has 0 aliphatic carbocycles. The third kappa shape index (κ3) is 3.99. The van der Waals surface area contributed by atoms with E-state index in [2.05, 4.69) is 15.0 Å². The van der Waals surface area contributed by atoms with Crippen molar-refractivity contribution in [2.45, 2.75) is 6.54 Å². The van der Waals surface area contributed by atoms with Crippen LogP contribution in [0.1, 0.15) is 16.2 Å². The average Bonchev–Trinajstić information content (AvgIpc) is 3.45. The number of benzene rings is 1. The molecule has 8 nitrogen and oxygen atoms in total. The molecule has 0 atom stereocenters. The van der Waals surface area contributed by atoms with Gasteiger partial charge in [-0.3, -0.25) is 14.5 Å². The molecule has 0 saturated carbocycles. The number of nitrogens with zero attached hydrogens (tertiary/aromatic N) is 5. The topological polar surface area (TPSA) is 84.0 Å². The van der Waals surface area contributed by atoms with E-state index in [1.807, 2.05) is 18.2 Å². The van der Waals surface area contributed by atoms with E-state index >= 15 is 0 Å². The molecule has 1 aromatic carbocycles. The van der Waals surface area contributed by atoms with Gasteiger partial charge in [-0.25, -0.2) is 4.98 Å². The lowest BCUT2D eigenvalue weighted by Gasteiger charge is -2.34. The molecular weight excluding hydrogens is 438 g/mol.